The van der Waals surface area contributed by atoms with Crippen molar-refractivity contribution in [3.05, 3.63) is 0 Å². The number of rotatable bonds is 10. The summed E-state index contributed by atoms with van der Waals surface area (Å²) in [5, 5.41) is 34.4. The molecule has 0 bridgehead atoms. The van der Waals surface area contributed by atoms with Crippen LogP contribution in [0.25, 0.3) is 0 Å². The molecule has 0 fully saturated rings. The summed E-state index contributed by atoms with van der Waals surface area (Å²) in [5.74, 6) is -4.03. The van der Waals surface area contributed by atoms with Gasteiger partial charge in [0.05, 0.1) is 0 Å². The maximum absolute atomic E-state index is 10.1. The quantitative estimate of drug-likeness (QED) is 0.133. The molecule has 13 heteroatoms. The second-order valence-corrected chi connectivity index (χ2v) is 5.44. The monoisotopic (exact) mass is 474 g/mol. The van der Waals surface area contributed by atoms with E-state index in [1.807, 2.05) is 0 Å². The zero-order valence-corrected chi connectivity index (χ0v) is 20.1. The fourth-order valence-corrected chi connectivity index (χ4v) is 1.26. The molecule has 10 N–H and O–H groups in total. The molecule has 0 radical (unpaired) electrons. The number of carbonyl (C=O) groups is 4. The minimum absolute atomic E-state index is 0. The van der Waals surface area contributed by atoms with Gasteiger partial charge in [0, 0.05) is 11.9 Å². The normalized spacial score (nSPS) is 10.7. The van der Waals surface area contributed by atoms with E-state index in [0.29, 0.717) is 25.9 Å². The molecule has 0 saturated carbocycles. The molecule has 0 spiro atoms. The number of hydrogen-bond donors (Lipinski definition) is 6. The smallest absolute Gasteiger partial charge is 0.550 e. The Balaban J connectivity index is -0.0000000950. The van der Waals surface area contributed by atoms with Crippen LogP contribution < -0.4 is 33.1 Å². The predicted molar refractivity (Wildman–Crippen MR) is 98.4 cm³/mol. The van der Waals surface area contributed by atoms with Crippen LogP contribution in [0.1, 0.15) is 52.4 Å². The Labute approximate surface area is 183 Å². The van der Waals surface area contributed by atoms with Crippen molar-refractivity contribution in [2.24, 2.45) is 22.9 Å². The molecule has 0 aromatic rings. The van der Waals surface area contributed by atoms with Gasteiger partial charge in [-0.1, -0.05) is 12.8 Å². The van der Waals surface area contributed by atoms with Crippen molar-refractivity contribution in [2.45, 2.75) is 64.5 Å². The molecule has 0 amide bonds. The molecule has 0 heterocycles. The summed E-state index contributed by atoms with van der Waals surface area (Å²) in [6, 6.07) is -1.43. The van der Waals surface area contributed by atoms with Crippen LogP contribution in [0.15, 0.2) is 0 Å². The van der Waals surface area contributed by atoms with Crippen LogP contribution >= 0.6 is 0 Å². The third-order valence-electron chi connectivity index (χ3n) is 2.57. The summed E-state index contributed by atoms with van der Waals surface area (Å²) in [4.78, 5) is 38.1. The Bertz CT molecular complexity index is 382. The summed E-state index contributed by atoms with van der Waals surface area (Å²) in [7, 11) is 0. The molecular weight excluding hydrogens is 442 g/mol. The van der Waals surface area contributed by atoms with Crippen molar-refractivity contribution < 1.29 is 59.1 Å². The molecular formula is C16H34N4O8Zn. The second kappa shape index (κ2) is 28.6. The van der Waals surface area contributed by atoms with Crippen LogP contribution in [0.5, 0.6) is 0 Å². The average Bonchev–Trinajstić information content (AvgIpc) is 2.54. The fraction of sp³-hybridized carbons (Fsp3) is 0.750. The van der Waals surface area contributed by atoms with Crippen molar-refractivity contribution in [3.8, 4) is 0 Å². The minimum atomic E-state index is -1.08. The Morgan fingerprint density at radius 3 is 1.07 bits per heavy atom. The van der Waals surface area contributed by atoms with Gasteiger partial charge in [-0.2, -0.15) is 0 Å². The maximum atomic E-state index is 10.1. The van der Waals surface area contributed by atoms with Gasteiger partial charge in [-0.3, -0.25) is 9.59 Å². The number of aliphatic carboxylic acids is 4. The first-order chi connectivity index (χ1) is 12.8. The first-order valence-electron chi connectivity index (χ1n) is 8.55. The van der Waals surface area contributed by atoms with Gasteiger partial charge in [-0.05, 0) is 52.6 Å². The van der Waals surface area contributed by atoms with Gasteiger partial charge >= 0.3 is 31.4 Å². The largest absolute Gasteiger partial charge is 2.00 e. The fourth-order valence-electron chi connectivity index (χ4n) is 1.26. The van der Waals surface area contributed by atoms with Crippen molar-refractivity contribution >= 4 is 23.9 Å². The van der Waals surface area contributed by atoms with Gasteiger partial charge in [0.1, 0.15) is 12.1 Å². The number of carbonyl (C=O) groups excluding carboxylic acids is 2. The van der Waals surface area contributed by atoms with Crippen LogP contribution in [0.4, 0.5) is 0 Å². The topological polar surface area (TPSA) is 259 Å². The van der Waals surface area contributed by atoms with Crippen LogP contribution in [0.3, 0.4) is 0 Å². The number of carboxylic acid groups (broad SMARTS) is 4. The maximum Gasteiger partial charge on any atom is 2.00 e. The van der Waals surface area contributed by atoms with Gasteiger partial charge < -0.3 is 52.9 Å². The molecule has 2 atom stereocenters. The van der Waals surface area contributed by atoms with E-state index in [1.165, 1.54) is 0 Å². The Morgan fingerprint density at radius 2 is 0.931 bits per heavy atom. The van der Waals surface area contributed by atoms with E-state index in [4.69, 9.17) is 52.9 Å². The summed E-state index contributed by atoms with van der Waals surface area (Å²) in [6.45, 7) is 3.15. The molecule has 29 heavy (non-hydrogen) atoms. The van der Waals surface area contributed by atoms with Crippen LogP contribution in [0, 0.1) is 0 Å². The van der Waals surface area contributed by atoms with Crippen molar-refractivity contribution in [1.82, 2.24) is 0 Å². The number of hydrogen-bond acceptors (Lipinski definition) is 10. The molecule has 0 unspecified atom stereocenters. The Kier molecular flexibility index (Phi) is 37.4. The Morgan fingerprint density at radius 1 is 0.724 bits per heavy atom. The molecule has 0 saturated heterocycles. The van der Waals surface area contributed by atoms with Crippen LogP contribution in [0.2, 0.25) is 0 Å². The molecule has 0 aliphatic carbocycles. The third-order valence-corrected chi connectivity index (χ3v) is 2.57. The average molecular weight is 476 g/mol. The van der Waals surface area contributed by atoms with Crippen molar-refractivity contribution in [3.63, 3.8) is 0 Å². The van der Waals surface area contributed by atoms with E-state index in [1.54, 1.807) is 0 Å². The molecule has 0 aromatic carbocycles. The summed E-state index contributed by atoms with van der Waals surface area (Å²) < 4.78 is 0. The SMILES string of the molecule is CC(=O)[O-].CC(=O)[O-].NCCCC[C@H](N)C(=O)O.NCCCC[C@H](N)C(=O)O.[Zn+2]. The van der Waals surface area contributed by atoms with Crippen molar-refractivity contribution in [2.75, 3.05) is 13.1 Å². The van der Waals surface area contributed by atoms with Gasteiger partial charge in [-0.25, -0.2) is 0 Å². The van der Waals surface area contributed by atoms with E-state index >= 15 is 0 Å². The Hall–Kier alpha value is -1.66. The van der Waals surface area contributed by atoms with E-state index in [9.17, 15) is 9.59 Å². The number of nitrogens with two attached hydrogens (primary N) is 4. The zero-order chi connectivity index (χ0) is 23.1. The second-order valence-electron chi connectivity index (χ2n) is 5.44. The van der Waals surface area contributed by atoms with E-state index in [2.05, 4.69) is 0 Å². The molecule has 168 valence electrons. The molecule has 12 nitrogen and oxygen atoms in total. The van der Waals surface area contributed by atoms with Crippen LogP contribution in [-0.4, -0.2) is 59.3 Å². The number of carboxylic acids is 4. The summed E-state index contributed by atoms with van der Waals surface area (Å²) in [6.07, 6.45) is 4.33. The summed E-state index contributed by atoms with van der Waals surface area (Å²) >= 11 is 0. The van der Waals surface area contributed by atoms with Gasteiger partial charge in [0.25, 0.3) is 0 Å². The summed E-state index contributed by atoms with van der Waals surface area (Å²) in [5.41, 5.74) is 20.8. The van der Waals surface area contributed by atoms with E-state index in [-0.39, 0.29) is 19.5 Å². The van der Waals surface area contributed by atoms with Gasteiger partial charge in [0.15, 0.2) is 0 Å². The van der Waals surface area contributed by atoms with E-state index in [0.717, 1.165) is 39.5 Å². The first kappa shape index (κ1) is 38.0. The molecule has 0 rings (SSSR count). The third kappa shape index (κ3) is 58.4. The molecule has 0 aliphatic rings. The van der Waals surface area contributed by atoms with Gasteiger partial charge in [-0.15, -0.1) is 0 Å². The van der Waals surface area contributed by atoms with Crippen molar-refractivity contribution in [1.29, 1.82) is 0 Å². The predicted octanol–water partition coefficient (Wildman–Crippen LogP) is -3.44. The zero-order valence-electron chi connectivity index (χ0n) is 17.2. The molecule has 0 aromatic heterocycles. The van der Waals surface area contributed by atoms with Crippen LogP contribution in [-0.2, 0) is 38.7 Å². The number of unbranched alkanes of at least 4 members (excludes halogenated alkanes) is 2. The molecule has 0 aliphatic heterocycles. The standard InChI is InChI=1S/2C6H14N2O2.2C2H4O2.Zn/c2*7-4-2-1-3-5(8)6(9)10;2*1-2(3)4;/h2*5H,1-4,7-8H2,(H,9,10);2*1H3,(H,3,4);/q;;;;+2/p-2/t2*5-;;;/m00.../s1. The minimum Gasteiger partial charge on any atom is -0.550 e. The van der Waals surface area contributed by atoms with Gasteiger partial charge in [0.2, 0.25) is 0 Å². The van der Waals surface area contributed by atoms with E-state index < -0.39 is 36.0 Å². The first-order valence-corrected chi connectivity index (χ1v) is 8.55.